The molecule has 0 N–H and O–H groups in total. The van der Waals surface area contributed by atoms with Crippen LogP contribution in [-0.4, -0.2) is 36.3 Å². The molecule has 0 fully saturated rings. The molecule has 0 radical (unpaired) electrons. The lowest BCUT2D eigenvalue weighted by Gasteiger charge is -2.22. The number of carbonyl (C=O) groups is 1. The van der Waals surface area contributed by atoms with Gasteiger partial charge in [-0.15, -0.1) is 6.42 Å². The molecule has 3 aromatic rings. The van der Waals surface area contributed by atoms with Crippen LogP contribution < -0.4 is 4.80 Å². The van der Waals surface area contributed by atoms with Gasteiger partial charge in [-0.2, -0.15) is 9.30 Å². The highest BCUT2D eigenvalue weighted by molar-refractivity contribution is 7.89. The molecule has 0 bridgehead atoms. The molecule has 1 heterocycles. The van der Waals surface area contributed by atoms with Gasteiger partial charge in [0.25, 0.3) is 5.91 Å². The molecular formula is C26H31N3O3S2. The highest BCUT2D eigenvalue weighted by Gasteiger charge is 2.23. The number of hydrogen-bond acceptors (Lipinski definition) is 4. The number of sulfonamides is 1. The maximum atomic E-state index is 13.2. The van der Waals surface area contributed by atoms with Crippen LogP contribution in [0.3, 0.4) is 0 Å². The summed E-state index contributed by atoms with van der Waals surface area (Å²) in [6, 6.07) is 12.1. The van der Waals surface area contributed by atoms with E-state index in [2.05, 4.69) is 10.9 Å². The SMILES string of the molecule is C#CCn1c(=NC(=O)c2ccc(S(=O)(=O)N(CCCC)CCCC)cc2)sc2cc(C)ccc21. The third kappa shape index (κ3) is 5.84. The van der Waals surface area contributed by atoms with Crippen LogP contribution in [0.4, 0.5) is 0 Å². The van der Waals surface area contributed by atoms with Crippen molar-refractivity contribution in [1.82, 2.24) is 8.87 Å². The zero-order valence-electron chi connectivity index (χ0n) is 20.0. The third-order valence-corrected chi connectivity index (χ3v) is 8.50. The number of fused-ring (bicyclic) bond motifs is 1. The molecule has 6 nitrogen and oxygen atoms in total. The van der Waals surface area contributed by atoms with Gasteiger partial charge in [-0.3, -0.25) is 4.79 Å². The lowest BCUT2D eigenvalue weighted by Crippen LogP contribution is -2.33. The van der Waals surface area contributed by atoms with Crippen LogP contribution in [0.25, 0.3) is 10.2 Å². The molecule has 0 atom stereocenters. The van der Waals surface area contributed by atoms with Crippen LogP contribution in [0.1, 0.15) is 55.5 Å². The van der Waals surface area contributed by atoms with E-state index >= 15 is 0 Å². The monoisotopic (exact) mass is 497 g/mol. The van der Waals surface area contributed by atoms with Crippen molar-refractivity contribution >= 4 is 37.5 Å². The Hall–Kier alpha value is -2.73. The van der Waals surface area contributed by atoms with E-state index in [0.29, 0.717) is 30.0 Å². The number of terminal acetylenes is 1. The minimum Gasteiger partial charge on any atom is -0.305 e. The number of amides is 1. The lowest BCUT2D eigenvalue weighted by atomic mass is 10.2. The zero-order valence-corrected chi connectivity index (χ0v) is 21.6. The first-order chi connectivity index (χ1) is 16.3. The number of aromatic nitrogens is 1. The van der Waals surface area contributed by atoms with E-state index in [4.69, 9.17) is 6.42 Å². The van der Waals surface area contributed by atoms with Crippen LogP contribution in [0.2, 0.25) is 0 Å². The van der Waals surface area contributed by atoms with Gasteiger partial charge in [0.15, 0.2) is 4.80 Å². The van der Waals surface area contributed by atoms with E-state index in [9.17, 15) is 13.2 Å². The van der Waals surface area contributed by atoms with E-state index in [1.165, 1.54) is 35.6 Å². The minimum atomic E-state index is -3.62. The van der Waals surface area contributed by atoms with Gasteiger partial charge in [-0.05, 0) is 61.7 Å². The van der Waals surface area contributed by atoms with Crippen molar-refractivity contribution in [3.63, 3.8) is 0 Å². The Kier molecular flexibility index (Phi) is 8.84. The van der Waals surface area contributed by atoms with E-state index < -0.39 is 15.9 Å². The van der Waals surface area contributed by atoms with Gasteiger partial charge in [-0.25, -0.2) is 8.42 Å². The molecule has 1 aromatic heterocycles. The van der Waals surface area contributed by atoms with Crippen molar-refractivity contribution in [1.29, 1.82) is 0 Å². The maximum Gasteiger partial charge on any atom is 0.279 e. The molecule has 0 aliphatic carbocycles. The average molecular weight is 498 g/mol. The van der Waals surface area contributed by atoms with Crippen molar-refractivity contribution in [3.8, 4) is 12.3 Å². The van der Waals surface area contributed by atoms with Crippen LogP contribution in [0.15, 0.2) is 52.4 Å². The summed E-state index contributed by atoms with van der Waals surface area (Å²) in [5, 5.41) is 0. The zero-order chi connectivity index (χ0) is 24.7. The second-order valence-corrected chi connectivity index (χ2v) is 11.1. The number of unbranched alkanes of at least 4 members (excludes halogenated alkanes) is 2. The molecule has 3 rings (SSSR count). The Morgan fingerprint density at radius 2 is 1.74 bits per heavy atom. The normalized spacial score (nSPS) is 12.4. The van der Waals surface area contributed by atoms with Gasteiger partial charge in [0.1, 0.15) is 0 Å². The molecule has 0 aliphatic rings. The Morgan fingerprint density at radius 3 is 2.32 bits per heavy atom. The summed E-state index contributed by atoms with van der Waals surface area (Å²) in [5.41, 5.74) is 2.37. The first-order valence-electron chi connectivity index (χ1n) is 11.5. The van der Waals surface area contributed by atoms with Gasteiger partial charge >= 0.3 is 0 Å². The van der Waals surface area contributed by atoms with Crippen LogP contribution in [0.5, 0.6) is 0 Å². The molecule has 1 amide bonds. The summed E-state index contributed by atoms with van der Waals surface area (Å²) < 4.78 is 30.7. The molecule has 0 saturated heterocycles. The molecule has 180 valence electrons. The number of hydrogen-bond donors (Lipinski definition) is 0. The van der Waals surface area contributed by atoms with E-state index in [1.54, 1.807) is 4.31 Å². The average Bonchev–Trinajstić information content (AvgIpc) is 3.15. The van der Waals surface area contributed by atoms with Crippen molar-refractivity contribution in [3.05, 3.63) is 58.4 Å². The molecular weight excluding hydrogens is 466 g/mol. The first kappa shape index (κ1) is 25.9. The largest absolute Gasteiger partial charge is 0.305 e. The van der Waals surface area contributed by atoms with Gasteiger partial charge in [0, 0.05) is 18.7 Å². The van der Waals surface area contributed by atoms with Crippen molar-refractivity contribution in [2.75, 3.05) is 13.1 Å². The van der Waals surface area contributed by atoms with Gasteiger partial charge < -0.3 is 4.57 Å². The molecule has 0 spiro atoms. The number of aryl methyl sites for hydroxylation is 1. The fourth-order valence-electron chi connectivity index (χ4n) is 3.60. The summed E-state index contributed by atoms with van der Waals surface area (Å²) in [7, 11) is -3.62. The van der Waals surface area contributed by atoms with Gasteiger partial charge in [-0.1, -0.05) is 50.0 Å². The molecule has 0 aliphatic heterocycles. The molecule has 34 heavy (non-hydrogen) atoms. The number of benzene rings is 2. The van der Waals surface area contributed by atoms with Crippen molar-refractivity contribution in [2.24, 2.45) is 4.99 Å². The topological polar surface area (TPSA) is 71.7 Å². The van der Waals surface area contributed by atoms with Crippen LogP contribution in [0, 0.1) is 19.3 Å². The summed E-state index contributed by atoms with van der Waals surface area (Å²) >= 11 is 1.40. The standard InChI is InChI=1S/C26H31N3O3S2/c1-5-8-17-28(18-9-6-2)34(31,32)22-13-11-21(12-14-22)25(30)27-26-29(16-7-3)23-15-10-20(4)19-24(23)33-26/h3,10-15,19H,5-6,8-9,16-18H2,1-2,4H3. The Morgan fingerprint density at radius 1 is 1.09 bits per heavy atom. The summed E-state index contributed by atoms with van der Waals surface area (Å²) in [4.78, 5) is 17.9. The second kappa shape index (κ2) is 11.6. The predicted molar refractivity (Wildman–Crippen MR) is 138 cm³/mol. The summed E-state index contributed by atoms with van der Waals surface area (Å²) in [5.74, 6) is 2.18. The number of thiazole rings is 1. The van der Waals surface area contributed by atoms with Crippen molar-refractivity contribution < 1.29 is 13.2 Å². The number of carbonyl (C=O) groups excluding carboxylic acids is 1. The molecule has 8 heteroatoms. The Bertz CT molecular complexity index is 1350. The Labute approximate surface area is 206 Å². The Balaban J connectivity index is 1.91. The fraction of sp³-hybridized carbons (Fsp3) is 0.385. The highest BCUT2D eigenvalue weighted by atomic mass is 32.2. The van der Waals surface area contributed by atoms with E-state index in [1.807, 2.05) is 43.5 Å². The maximum absolute atomic E-state index is 13.2. The number of rotatable bonds is 10. The van der Waals surface area contributed by atoms with E-state index in [-0.39, 0.29) is 4.90 Å². The molecule has 2 aromatic carbocycles. The summed E-state index contributed by atoms with van der Waals surface area (Å²) in [6.07, 6.45) is 9.00. The van der Waals surface area contributed by atoms with Crippen molar-refractivity contribution in [2.45, 2.75) is 57.9 Å². The lowest BCUT2D eigenvalue weighted by molar-refractivity contribution is 0.0998. The van der Waals surface area contributed by atoms with Crippen LogP contribution >= 0.6 is 11.3 Å². The first-order valence-corrected chi connectivity index (χ1v) is 13.8. The van der Waals surface area contributed by atoms with E-state index in [0.717, 1.165) is 41.5 Å². The smallest absolute Gasteiger partial charge is 0.279 e. The molecule has 0 unspecified atom stereocenters. The fourth-order valence-corrected chi connectivity index (χ4v) is 6.24. The minimum absolute atomic E-state index is 0.191. The number of nitrogens with zero attached hydrogens (tertiary/aromatic N) is 3. The molecule has 0 saturated carbocycles. The summed E-state index contributed by atoms with van der Waals surface area (Å²) in [6.45, 7) is 7.38. The van der Waals surface area contributed by atoms with Gasteiger partial charge in [0.05, 0.1) is 21.7 Å². The predicted octanol–water partition coefficient (Wildman–Crippen LogP) is 4.98. The quantitative estimate of drug-likeness (QED) is 0.371. The third-order valence-electron chi connectivity index (χ3n) is 5.55. The highest BCUT2D eigenvalue weighted by Crippen LogP contribution is 2.20. The second-order valence-electron chi connectivity index (χ2n) is 8.20. The van der Waals surface area contributed by atoms with Crippen LogP contribution in [-0.2, 0) is 16.6 Å². The van der Waals surface area contributed by atoms with Gasteiger partial charge in [0.2, 0.25) is 10.0 Å².